The van der Waals surface area contributed by atoms with E-state index < -0.39 is 5.82 Å². The molecule has 0 saturated heterocycles. The fraction of sp³-hybridized carbons (Fsp3) is 0.286. The second kappa shape index (κ2) is 10.6. The number of anilines is 1. The highest BCUT2D eigenvalue weighted by Crippen LogP contribution is 2.34. The molecule has 10 nitrogen and oxygen atoms in total. The van der Waals surface area contributed by atoms with Crippen molar-refractivity contribution >= 4 is 23.0 Å². The number of halogens is 1. The number of H-pyrrole nitrogens is 2. The third kappa shape index (κ3) is 4.95. The number of hydrogen-bond acceptors (Lipinski definition) is 7. The lowest BCUT2D eigenvalue weighted by molar-refractivity contribution is -0.119. The first-order valence-corrected chi connectivity index (χ1v) is 12.7. The van der Waals surface area contributed by atoms with Gasteiger partial charge in [0.15, 0.2) is 23.2 Å². The van der Waals surface area contributed by atoms with Crippen molar-refractivity contribution in [1.29, 1.82) is 0 Å². The molecule has 5 aromatic rings. The summed E-state index contributed by atoms with van der Waals surface area (Å²) in [4.78, 5) is 20.7. The van der Waals surface area contributed by atoms with E-state index in [0.29, 0.717) is 37.4 Å². The molecule has 6 rings (SSSR count). The van der Waals surface area contributed by atoms with Gasteiger partial charge < -0.3 is 24.8 Å². The van der Waals surface area contributed by atoms with Crippen LogP contribution in [0.1, 0.15) is 35.3 Å². The molecule has 0 aliphatic carbocycles. The largest absolute Gasteiger partial charge is 0.505 e. The van der Waals surface area contributed by atoms with Crippen molar-refractivity contribution in [2.75, 3.05) is 18.9 Å². The molecular formula is C28H30FN7O3. The number of imidazole rings is 1. The fourth-order valence-electron chi connectivity index (χ4n) is 4.89. The highest BCUT2D eigenvalue weighted by Gasteiger charge is 2.22. The van der Waals surface area contributed by atoms with Gasteiger partial charge in [0.25, 0.3) is 0 Å². The molecule has 0 saturated carbocycles. The zero-order valence-electron chi connectivity index (χ0n) is 22.2. The summed E-state index contributed by atoms with van der Waals surface area (Å²) < 4.78 is 18.9. The molecule has 0 spiro atoms. The van der Waals surface area contributed by atoms with Gasteiger partial charge in [0, 0.05) is 25.4 Å². The van der Waals surface area contributed by atoms with Gasteiger partial charge in [-0.05, 0) is 61.2 Å². The molecular weight excluding hydrogens is 501 g/mol. The zero-order valence-corrected chi connectivity index (χ0v) is 22.2. The van der Waals surface area contributed by atoms with Gasteiger partial charge in [0.1, 0.15) is 17.1 Å². The van der Waals surface area contributed by atoms with Crippen LogP contribution in [-0.2, 0) is 24.2 Å². The predicted molar refractivity (Wildman–Crippen MR) is 146 cm³/mol. The van der Waals surface area contributed by atoms with Gasteiger partial charge in [-0.2, -0.15) is 5.10 Å². The van der Waals surface area contributed by atoms with Crippen molar-refractivity contribution in [1.82, 2.24) is 30.2 Å². The number of hydrogen-bond donors (Lipinski definition) is 4. The lowest BCUT2D eigenvalue weighted by atomic mass is 9.96. The number of aromatic amines is 2. The molecule has 1 aliphatic heterocycles. The van der Waals surface area contributed by atoms with Gasteiger partial charge in [-0.1, -0.05) is 18.1 Å². The second-order valence-corrected chi connectivity index (χ2v) is 9.43. The molecule has 0 unspecified atom stereocenters. The van der Waals surface area contributed by atoms with Crippen molar-refractivity contribution < 1.29 is 18.8 Å². The number of fused-ring (bicyclic) bond motifs is 2. The summed E-state index contributed by atoms with van der Waals surface area (Å²) in [6, 6.07) is 8.62. The number of carbonyl (C=O) groups excluding carboxylic acids is 1. The van der Waals surface area contributed by atoms with Crippen LogP contribution in [0.4, 0.5) is 10.1 Å². The third-order valence-corrected chi connectivity index (χ3v) is 6.95. The standard InChI is InChI=1S/C22H20FN5O2.C6H10N2O/c1-2-12-8-20(30)16(23)9-15(12)13-3-4-14-18(7-13)26-27-21(14)22-24-17-5-6-28(11-29)10-19(17)25-22;1-4-6(7-3)5(2)9-8-4/h3-4,7-9,11,30H,2,5-6,10H2,1H3,(H,24,25)(H,26,27);7H,1-3H3. The molecule has 1 aliphatic rings. The summed E-state index contributed by atoms with van der Waals surface area (Å²) in [7, 11) is 1.85. The Balaban J connectivity index is 0.000000292. The minimum atomic E-state index is -0.641. The summed E-state index contributed by atoms with van der Waals surface area (Å²) in [5, 5.41) is 24.8. The van der Waals surface area contributed by atoms with E-state index in [2.05, 4.69) is 30.6 Å². The van der Waals surface area contributed by atoms with Gasteiger partial charge in [0.2, 0.25) is 6.41 Å². The number of carbonyl (C=O) groups is 1. The highest BCUT2D eigenvalue weighted by molar-refractivity contribution is 5.94. The van der Waals surface area contributed by atoms with Crippen molar-refractivity contribution in [2.45, 2.75) is 40.2 Å². The summed E-state index contributed by atoms with van der Waals surface area (Å²) >= 11 is 0. The summed E-state index contributed by atoms with van der Waals surface area (Å²) in [6.45, 7) is 6.93. The lowest BCUT2D eigenvalue weighted by Gasteiger charge is -2.21. The Bertz CT molecular complexity index is 1630. The zero-order chi connectivity index (χ0) is 27.7. The number of aromatic nitrogens is 5. The monoisotopic (exact) mass is 531 g/mol. The van der Waals surface area contributed by atoms with Crippen LogP contribution in [-0.4, -0.2) is 55.3 Å². The number of nitrogens with one attached hydrogen (secondary N) is 3. The second-order valence-electron chi connectivity index (χ2n) is 9.43. The number of phenols is 1. The normalized spacial score (nSPS) is 12.7. The minimum Gasteiger partial charge on any atom is -0.505 e. The Morgan fingerprint density at radius 2 is 2.08 bits per heavy atom. The fourth-order valence-corrected chi connectivity index (χ4v) is 4.89. The quantitative estimate of drug-likeness (QED) is 0.238. The predicted octanol–water partition coefficient (Wildman–Crippen LogP) is 4.87. The Morgan fingerprint density at radius 3 is 2.74 bits per heavy atom. The number of benzene rings is 2. The van der Waals surface area contributed by atoms with Crippen LogP contribution in [0.5, 0.6) is 5.75 Å². The first-order chi connectivity index (χ1) is 18.8. The Hall–Kier alpha value is -4.67. The molecule has 202 valence electrons. The number of aryl methyl sites for hydroxylation is 3. The van der Waals surface area contributed by atoms with Gasteiger partial charge in [0.05, 0.1) is 23.4 Å². The van der Waals surface area contributed by atoms with E-state index in [-0.39, 0.29) is 5.75 Å². The molecule has 39 heavy (non-hydrogen) atoms. The molecule has 1 amide bonds. The number of phenolic OH excluding ortho intramolecular Hbond substituents is 1. The summed E-state index contributed by atoms with van der Waals surface area (Å²) in [6.07, 6.45) is 2.24. The van der Waals surface area contributed by atoms with E-state index in [9.17, 15) is 14.3 Å². The van der Waals surface area contributed by atoms with Crippen molar-refractivity contribution in [2.24, 2.45) is 0 Å². The van der Waals surface area contributed by atoms with Crippen molar-refractivity contribution in [3.63, 3.8) is 0 Å². The SMILES string of the molecule is CCc1cc(O)c(F)cc1-c1ccc2c(-c3nc4c([nH]3)CN(C=O)CC4)n[nH]c2c1.CNc1c(C)noc1C. The Labute approximate surface area is 224 Å². The smallest absolute Gasteiger partial charge is 0.210 e. The van der Waals surface area contributed by atoms with Crippen LogP contribution < -0.4 is 5.32 Å². The van der Waals surface area contributed by atoms with Crippen LogP contribution in [0, 0.1) is 19.7 Å². The first-order valence-electron chi connectivity index (χ1n) is 12.7. The van der Waals surface area contributed by atoms with E-state index in [1.165, 1.54) is 12.1 Å². The first kappa shape index (κ1) is 26.0. The average molecular weight is 532 g/mol. The van der Waals surface area contributed by atoms with Crippen LogP contribution >= 0.6 is 0 Å². The number of amides is 1. The van der Waals surface area contributed by atoms with Crippen LogP contribution in [0.15, 0.2) is 34.9 Å². The van der Waals surface area contributed by atoms with E-state index >= 15 is 0 Å². The molecule has 2 aromatic carbocycles. The van der Waals surface area contributed by atoms with Gasteiger partial charge in [-0.25, -0.2) is 9.37 Å². The molecule has 0 bridgehead atoms. The highest BCUT2D eigenvalue weighted by atomic mass is 19.1. The number of aromatic hydroxyl groups is 1. The van der Waals surface area contributed by atoms with Gasteiger partial charge in [-0.15, -0.1) is 0 Å². The molecule has 4 N–H and O–H groups in total. The molecule has 0 radical (unpaired) electrons. The maximum Gasteiger partial charge on any atom is 0.210 e. The Kier molecular flexibility index (Phi) is 7.05. The Morgan fingerprint density at radius 1 is 1.26 bits per heavy atom. The van der Waals surface area contributed by atoms with Crippen LogP contribution in [0.3, 0.4) is 0 Å². The van der Waals surface area contributed by atoms with E-state index in [4.69, 9.17) is 4.52 Å². The van der Waals surface area contributed by atoms with Crippen LogP contribution in [0.25, 0.3) is 33.5 Å². The van der Waals surface area contributed by atoms with Gasteiger partial charge in [-0.3, -0.25) is 9.89 Å². The maximum atomic E-state index is 14.0. The van der Waals surface area contributed by atoms with Gasteiger partial charge >= 0.3 is 0 Å². The van der Waals surface area contributed by atoms with Crippen molar-refractivity contribution in [3.8, 4) is 28.4 Å². The van der Waals surface area contributed by atoms with Crippen LogP contribution in [0.2, 0.25) is 0 Å². The molecule has 11 heteroatoms. The number of nitrogens with zero attached hydrogens (tertiary/aromatic N) is 4. The topological polar surface area (TPSA) is 136 Å². The van der Waals surface area contributed by atoms with E-state index in [1.807, 2.05) is 46.0 Å². The molecule has 0 fully saturated rings. The molecule has 0 atom stereocenters. The van der Waals surface area contributed by atoms with E-state index in [0.717, 1.165) is 62.5 Å². The molecule has 4 heterocycles. The minimum absolute atomic E-state index is 0.338. The van der Waals surface area contributed by atoms with Crippen molar-refractivity contribution in [3.05, 3.63) is 64.6 Å². The third-order valence-electron chi connectivity index (χ3n) is 6.95. The molecule has 3 aromatic heterocycles. The lowest BCUT2D eigenvalue weighted by Crippen LogP contribution is -2.29. The summed E-state index contributed by atoms with van der Waals surface area (Å²) in [5.74, 6) is 0.528. The number of rotatable bonds is 5. The maximum absolute atomic E-state index is 14.0. The van der Waals surface area contributed by atoms with E-state index in [1.54, 1.807) is 4.90 Å². The average Bonchev–Trinajstić information content (AvgIpc) is 3.65. The summed E-state index contributed by atoms with van der Waals surface area (Å²) in [5.41, 5.74) is 7.77.